The standard InChI is InChI=1S/C23H17Cl2NO4S/c1-12-8-9-31-22(12)18-17(19(27)13-10-15(24)21(30-2)16(25)11-13)20(28)23(29)26(18)14-6-4-3-5-7-14/h3-11,18,27H,1-2H3/b19-17-. The van der Waals surface area contributed by atoms with Gasteiger partial charge in [0.1, 0.15) is 11.8 Å². The Hall–Kier alpha value is -2.80. The summed E-state index contributed by atoms with van der Waals surface area (Å²) in [5.74, 6) is -1.57. The molecule has 3 aromatic rings. The van der Waals surface area contributed by atoms with E-state index in [-0.39, 0.29) is 32.7 Å². The number of para-hydroxylation sites is 1. The second-order valence-corrected chi connectivity index (χ2v) is 8.71. The van der Waals surface area contributed by atoms with Gasteiger partial charge in [0.05, 0.1) is 22.7 Å². The van der Waals surface area contributed by atoms with Gasteiger partial charge in [0.15, 0.2) is 5.75 Å². The molecule has 158 valence electrons. The van der Waals surface area contributed by atoms with Gasteiger partial charge in [0.2, 0.25) is 0 Å². The van der Waals surface area contributed by atoms with Crippen LogP contribution in [-0.4, -0.2) is 23.9 Å². The highest BCUT2D eigenvalue weighted by molar-refractivity contribution is 7.10. The minimum atomic E-state index is -0.776. The van der Waals surface area contributed by atoms with E-state index in [0.29, 0.717) is 5.69 Å². The predicted molar refractivity (Wildman–Crippen MR) is 123 cm³/mol. The number of rotatable bonds is 4. The average Bonchev–Trinajstić information content (AvgIpc) is 3.28. The summed E-state index contributed by atoms with van der Waals surface area (Å²) in [6, 6.07) is 12.9. The Morgan fingerprint density at radius 1 is 1.10 bits per heavy atom. The maximum absolute atomic E-state index is 13.1. The second kappa shape index (κ2) is 8.38. The van der Waals surface area contributed by atoms with Crippen LogP contribution in [0.1, 0.15) is 22.0 Å². The lowest BCUT2D eigenvalue weighted by atomic mass is 9.98. The van der Waals surface area contributed by atoms with Gasteiger partial charge >= 0.3 is 0 Å². The van der Waals surface area contributed by atoms with Crippen molar-refractivity contribution in [2.75, 3.05) is 12.0 Å². The summed E-state index contributed by atoms with van der Waals surface area (Å²) >= 11 is 13.9. The largest absolute Gasteiger partial charge is 0.507 e. The molecular formula is C23H17Cl2NO4S. The molecule has 0 spiro atoms. The number of ether oxygens (including phenoxy) is 1. The first kappa shape index (κ1) is 21.4. The summed E-state index contributed by atoms with van der Waals surface area (Å²) < 4.78 is 5.16. The van der Waals surface area contributed by atoms with Gasteiger partial charge in [0.25, 0.3) is 11.7 Å². The smallest absolute Gasteiger partial charge is 0.300 e. The fraction of sp³-hybridized carbons (Fsp3) is 0.130. The Morgan fingerprint density at radius 2 is 1.74 bits per heavy atom. The fourth-order valence-corrected chi connectivity index (χ4v) is 5.31. The number of halogens is 2. The molecule has 1 aliphatic rings. The van der Waals surface area contributed by atoms with Crippen LogP contribution < -0.4 is 9.64 Å². The van der Waals surface area contributed by atoms with Crippen molar-refractivity contribution < 1.29 is 19.4 Å². The lowest BCUT2D eigenvalue weighted by molar-refractivity contribution is -0.132. The molecule has 0 saturated carbocycles. The second-order valence-electron chi connectivity index (χ2n) is 6.95. The van der Waals surface area contributed by atoms with Crippen LogP contribution in [0.4, 0.5) is 5.69 Å². The molecule has 0 radical (unpaired) electrons. The first-order valence-electron chi connectivity index (χ1n) is 9.28. The van der Waals surface area contributed by atoms with Crippen LogP contribution in [0.15, 0.2) is 59.5 Å². The summed E-state index contributed by atoms with van der Waals surface area (Å²) in [7, 11) is 1.43. The van der Waals surface area contributed by atoms with Gasteiger partial charge < -0.3 is 9.84 Å². The molecular weight excluding hydrogens is 457 g/mol. The Labute approximate surface area is 193 Å². The van der Waals surface area contributed by atoms with Gasteiger partial charge in [-0.2, -0.15) is 0 Å². The topological polar surface area (TPSA) is 66.8 Å². The molecule has 1 aromatic heterocycles. The third-order valence-electron chi connectivity index (χ3n) is 5.10. The number of methoxy groups -OCH3 is 1. The van der Waals surface area contributed by atoms with E-state index in [1.54, 1.807) is 24.3 Å². The Bertz CT molecular complexity index is 1200. The van der Waals surface area contributed by atoms with Crippen LogP contribution in [0.2, 0.25) is 10.0 Å². The van der Waals surface area contributed by atoms with E-state index in [4.69, 9.17) is 27.9 Å². The number of anilines is 1. The Morgan fingerprint density at radius 3 is 2.29 bits per heavy atom. The van der Waals surface area contributed by atoms with E-state index >= 15 is 0 Å². The lowest BCUT2D eigenvalue weighted by Crippen LogP contribution is -2.29. The number of nitrogens with zero attached hydrogens (tertiary/aromatic N) is 1. The van der Waals surface area contributed by atoms with Crippen molar-refractivity contribution in [1.29, 1.82) is 0 Å². The van der Waals surface area contributed by atoms with Crippen molar-refractivity contribution in [2.45, 2.75) is 13.0 Å². The van der Waals surface area contributed by atoms with E-state index in [1.807, 2.05) is 24.4 Å². The predicted octanol–water partition coefficient (Wildman–Crippen LogP) is 6.00. The number of carbonyl (C=O) groups excluding carboxylic acids is 2. The van der Waals surface area contributed by atoms with Gasteiger partial charge in [-0.1, -0.05) is 41.4 Å². The number of thiophene rings is 1. The van der Waals surface area contributed by atoms with E-state index in [2.05, 4.69) is 0 Å². The molecule has 5 nitrogen and oxygen atoms in total. The van der Waals surface area contributed by atoms with E-state index in [1.165, 1.54) is 35.5 Å². The molecule has 0 bridgehead atoms. The number of amides is 1. The van der Waals surface area contributed by atoms with E-state index < -0.39 is 17.7 Å². The maximum atomic E-state index is 13.1. The molecule has 1 N–H and O–H groups in total. The van der Waals surface area contributed by atoms with Crippen molar-refractivity contribution in [3.05, 3.63) is 85.5 Å². The molecule has 31 heavy (non-hydrogen) atoms. The number of ketones is 1. The molecule has 1 aliphatic heterocycles. The number of aliphatic hydroxyl groups excluding tert-OH is 1. The number of benzene rings is 2. The van der Waals surface area contributed by atoms with Gasteiger partial charge in [-0.25, -0.2) is 0 Å². The van der Waals surface area contributed by atoms with Crippen LogP contribution in [0.3, 0.4) is 0 Å². The number of aliphatic hydroxyl groups is 1. The minimum absolute atomic E-state index is 0.0169. The highest BCUT2D eigenvalue weighted by atomic mass is 35.5. The van der Waals surface area contributed by atoms with Crippen molar-refractivity contribution in [3.8, 4) is 5.75 Å². The maximum Gasteiger partial charge on any atom is 0.300 e. The molecule has 1 fully saturated rings. The average molecular weight is 474 g/mol. The molecule has 2 aromatic carbocycles. The van der Waals surface area contributed by atoms with Crippen LogP contribution >= 0.6 is 34.5 Å². The van der Waals surface area contributed by atoms with Crippen molar-refractivity contribution >= 4 is 57.7 Å². The first-order chi connectivity index (χ1) is 14.8. The third kappa shape index (κ3) is 3.61. The minimum Gasteiger partial charge on any atom is -0.507 e. The van der Waals surface area contributed by atoms with E-state index in [0.717, 1.165) is 10.4 Å². The summed E-state index contributed by atoms with van der Waals surface area (Å²) in [4.78, 5) is 28.4. The molecule has 8 heteroatoms. The Kier molecular flexibility index (Phi) is 5.79. The molecule has 1 unspecified atom stereocenters. The zero-order chi connectivity index (χ0) is 22.3. The third-order valence-corrected chi connectivity index (χ3v) is 6.74. The normalized spacial score (nSPS) is 17.9. The number of carbonyl (C=O) groups is 2. The lowest BCUT2D eigenvalue weighted by Gasteiger charge is -2.25. The zero-order valence-electron chi connectivity index (χ0n) is 16.6. The molecule has 1 atom stereocenters. The Balaban J connectivity index is 1.96. The van der Waals surface area contributed by atoms with Gasteiger partial charge in [-0.3, -0.25) is 14.5 Å². The van der Waals surface area contributed by atoms with Crippen molar-refractivity contribution in [2.24, 2.45) is 0 Å². The molecule has 4 rings (SSSR count). The van der Waals surface area contributed by atoms with Gasteiger partial charge in [-0.15, -0.1) is 11.3 Å². The van der Waals surface area contributed by atoms with Gasteiger partial charge in [-0.05, 0) is 48.2 Å². The summed E-state index contributed by atoms with van der Waals surface area (Å²) in [5, 5.41) is 13.4. The van der Waals surface area contributed by atoms with Crippen LogP contribution in [0, 0.1) is 6.92 Å². The monoisotopic (exact) mass is 473 g/mol. The summed E-state index contributed by atoms with van der Waals surface area (Å²) in [6.07, 6.45) is 0. The van der Waals surface area contributed by atoms with Crippen molar-refractivity contribution in [3.63, 3.8) is 0 Å². The highest BCUT2D eigenvalue weighted by Crippen LogP contribution is 2.45. The number of hydrogen-bond acceptors (Lipinski definition) is 5. The van der Waals surface area contributed by atoms with E-state index in [9.17, 15) is 14.7 Å². The zero-order valence-corrected chi connectivity index (χ0v) is 18.9. The number of hydrogen-bond donors (Lipinski definition) is 1. The molecule has 1 amide bonds. The van der Waals surface area contributed by atoms with Crippen LogP contribution in [0.25, 0.3) is 5.76 Å². The molecule has 2 heterocycles. The fourth-order valence-electron chi connectivity index (χ4n) is 3.65. The van der Waals surface area contributed by atoms with Crippen LogP contribution in [0.5, 0.6) is 5.75 Å². The number of aryl methyl sites for hydroxylation is 1. The highest BCUT2D eigenvalue weighted by Gasteiger charge is 2.47. The molecule has 0 aliphatic carbocycles. The quantitative estimate of drug-likeness (QED) is 0.286. The molecule has 1 saturated heterocycles. The summed E-state index contributed by atoms with van der Waals surface area (Å²) in [5.41, 5.74) is 1.68. The summed E-state index contributed by atoms with van der Waals surface area (Å²) in [6.45, 7) is 1.90. The first-order valence-corrected chi connectivity index (χ1v) is 10.9. The van der Waals surface area contributed by atoms with Crippen molar-refractivity contribution in [1.82, 2.24) is 0 Å². The van der Waals surface area contributed by atoms with Crippen LogP contribution in [-0.2, 0) is 9.59 Å². The number of Topliss-reactive ketones (excluding diaryl/α,β-unsaturated/α-hetero) is 1. The van der Waals surface area contributed by atoms with Gasteiger partial charge in [0, 0.05) is 16.1 Å². The SMILES string of the molecule is COc1c(Cl)cc(/C(O)=C2/C(=O)C(=O)N(c3ccccc3)C2c2sccc2C)cc1Cl.